The van der Waals surface area contributed by atoms with E-state index in [1.165, 1.54) is 12.3 Å². The number of rotatable bonds is 3. The van der Waals surface area contributed by atoms with Crippen molar-refractivity contribution in [1.82, 2.24) is 4.98 Å². The number of nitrogens with one attached hydrogen (secondary N) is 1. The van der Waals surface area contributed by atoms with Gasteiger partial charge < -0.3 is 10.4 Å². The third-order valence-corrected chi connectivity index (χ3v) is 2.68. The summed E-state index contributed by atoms with van der Waals surface area (Å²) in [4.78, 5) is 14.9. The lowest BCUT2D eigenvalue weighted by Crippen LogP contribution is -2.21. The molecule has 0 spiro atoms. The second-order valence-electron chi connectivity index (χ2n) is 3.85. The van der Waals surface area contributed by atoms with Gasteiger partial charge in [0.15, 0.2) is 0 Å². The van der Waals surface area contributed by atoms with Crippen LogP contribution >= 0.6 is 0 Å². The Morgan fingerprint density at radius 3 is 3.06 bits per heavy atom. The molecule has 16 heavy (non-hydrogen) atoms. The first-order valence-corrected chi connectivity index (χ1v) is 5.36. The Bertz CT molecular complexity index is 415. The number of anilines is 1. The number of allylic oxidation sites excluding steroid dienone is 1. The van der Waals surface area contributed by atoms with Crippen LogP contribution in [0.25, 0.3) is 0 Å². The third kappa shape index (κ3) is 2.39. The van der Waals surface area contributed by atoms with Crippen LogP contribution in [0.2, 0.25) is 0 Å². The highest BCUT2D eigenvalue weighted by Gasteiger charge is 2.14. The minimum atomic E-state index is -0.920. The van der Waals surface area contributed by atoms with Crippen LogP contribution in [0.4, 0.5) is 5.69 Å². The number of hydrogen-bond donors (Lipinski definition) is 2. The number of pyridine rings is 1. The van der Waals surface area contributed by atoms with Gasteiger partial charge in [0.05, 0.1) is 17.4 Å². The number of carboxylic acid groups (broad SMARTS) is 1. The third-order valence-electron chi connectivity index (χ3n) is 2.68. The minimum Gasteiger partial charge on any atom is -0.478 e. The van der Waals surface area contributed by atoms with Gasteiger partial charge >= 0.3 is 5.97 Å². The number of hydrogen-bond acceptors (Lipinski definition) is 3. The van der Waals surface area contributed by atoms with Crippen LogP contribution in [-0.2, 0) is 0 Å². The molecule has 0 aliphatic heterocycles. The van der Waals surface area contributed by atoms with Gasteiger partial charge in [-0.2, -0.15) is 0 Å². The molecule has 2 N–H and O–H groups in total. The summed E-state index contributed by atoms with van der Waals surface area (Å²) >= 11 is 0. The van der Waals surface area contributed by atoms with Gasteiger partial charge in [0.1, 0.15) is 0 Å². The maximum atomic E-state index is 11.0. The summed E-state index contributed by atoms with van der Waals surface area (Å²) in [6.45, 7) is 0. The van der Waals surface area contributed by atoms with Crippen molar-refractivity contribution in [3.63, 3.8) is 0 Å². The van der Waals surface area contributed by atoms with Crippen molar-refractivity contribution >= 4 is 11.7 Å². The van der Waals surface area contributed by atoms with Crippen molar-refractivity contribution in [2.24, 2.45) is 0 Å². The zero-order chi connectivity index (χ0) is 11.4. The molecule has 84 valence electrons. The van der Waals surface area contributed by atoms with Crippen LogP contribution in [0.3, 0.4) is 0 Å². The monoisotopic (exact) mass is 218 g/mol. The van der Waals surface area contributed by atoms with E-state index < -0.39 is 5.97 Å². The molecule has 0 radical (unpaired) electrons. The Morgan fingerprint density at radius 2 is 2.38 bits per heavy atom. The van der Waals surface area contributed by atoms with E-state index in [0.29, 0.717) is 11.7 Å². The van der Waals surface area contributed by atoms with E-state index in [1.54, 1.807) is 6.20 Å². The molecule has 1 unspecified atom stereocenters. The van der Waals surface area contributed by atoms with Crippen LogP contribution in [0, 0.1) is 0 Å². The van der Waals surface area contributed by atoms with E-state index >= 15 is 0 Å². The maximum absolute atomic E-state index is 11.0. The van der Waals surface area contributed by atoms with Gasteiger partial charge in [0.2, 0.25) is 0 Å². The second kappa shape index (κ2) is 4.79. The lowest BCUT2D eigenvalue weighted by atomic mass is 10.0. The van der Waals surface area contributed by atoms with Crippen molar-refractivity contribution in [2.45, 2.75) is 25.3 Å². The molecule has 0 bridgehead atoms. The molecule has 0 fully saturated rings. The quantitative estimate of drug-likeness (QED) is 0.764. The Hall–Kier alpha value is -1.84. The van der Waals surface area contributed by atoms with Crippen molar-refractivity contribution in [3.05, 3.63) is 36.2 Å². The Kier molecular flexibility index (Phi) is 3.19. The fourth-order valence-corrected chi connectivity index (χ4v) is 1.84. The maximum Gasteiger partial charge on any atom is 0.337 e. The van der Waals surface area contributed by atoms with E-state index in [9.17, 15) is 4.79 Å². The predicted octanol–water partition coefficient (Wildman–Crippen LogP) is 2.30. The topological polar surface area (TPSA) is 62.2 Å². The molecule has 1 heterocycles. The fraction of sp³-hybridized carbons (Fsp3) is 0.333. The molecular formula is C12H14N2O2. The zero-order valence-electron chi connectivity index (χ0n) is 8.89. The second-order valence-corrected chi connectivity index (χ2v) is 3.85. The highest BCUT2D eigenvalue weighted by molar-refractivity contribution is 5.93. The summed E-state index contributed by atoms with van der Waals surface area (Å²) in [5, 5.41) is 12.2. The van der Waals surface area contributed by atoms with Crippen molar-refractivity contribution in [3.8, 4) is 0 Å². The number of aromatic carboxylic acids is 1. The fourth-order valence-electron chi connectivity index (χ4n) is 1.84. The van der Waals surface area contributed by atoms with Gasteiger partial charge in [-0.3, -0.25) is 4.98 Å². The Balaban J connectivity index is 2.14. The van der Waals surface area contributed by atoms with E-state index in [1.807, 2.05) is 0 Å². The molecule has 0 saturated carbocycles. The summed E-state index contributed by atoms with van der Waals surface area (Å²) in [6, 6.07) is 1.83. The molecule has 0 amide bonds. The average Bonchev–Trinajstić information content (AvgIpc) is 2.31. The van der Waals surface area contributed by atoms with E-state index in [-0.39, 0.29) is 5.56 Å². The number of nitrogens with zero attached hydrogens (tertiary/aromatic N) is 1. The van der Waals surface area contributed by atoms with E-state index in [4.69, 9.17) is 5.11 Å². The molecule has 4 heteroatoms. The van der Waals surface area contributed by atoms with E-state index in [0.717, 1.165) is 19.3 Å². The standard InChI is InChI=1S/C12H14N2O2/c15-12(16)10-6-7-13-8-11(10)14-9-4-2-1-3-5-9/h1-2,6-9,14H,3-5H2,(H,15,16). The summed E-state index contributed by atoms with van der Waals surface area (Å²) < 4.78 is 0. The number of aromatic nitrogens is 1. The lowest BCUT2D eigenvalue weighted by Gasteiger charge is -2.21. The smallest absolute Gasteiger partial charge is 0.337 e. The van der Waals surface area contributed by atoms with Gasteiger partial charge in [-0.15, -0.1) is 0 Å². The molecule has 1 atom stereocenters. The SMILES string of the molecule is O=C(O)c1ccncc1NC1CC=CCC1. The normalized spacial score (nSPS) is 19.4. The molecular weight excluding hydrogens is 204 g/mol. The first-order chi connectivity index (χ1) is 7.77. The first-order valence-electron chi connectivity index (χ1n) is 5.36. The molecule has 4 nitrogen and oxygen atoms in total. The van der Waals surface area contributed by atoms with Crippen LogP contribution in [0.15, 0.2) is 30.6 Å². The van der Waals surface area contributed by atoms with Gasteiger partial charge in [-0.25, -0.2) is 4.79 Å². The lowest BCUT2D eigenvalue weighted by molar-refractivity contribution is 0.0698. The first kappa shape index (κ1) is 10.7. The average molecular weight is 218 g/mol. The molecule has 1 aliphatic carbocycles. The van der Waals surface area contributed by atoms with Crippen LogP contribution in [-0.4, -0.2) is 22.1 Å². The molecule has 2 rings (SSSR count). The summed E-state index contributed by atoms with van der Waals surface area (Å²) in [5.74, 6) is -0.920. The minimum absolute atomic E-state index is 0.282. The van der Waals surface area contributed by atoms with Gasteiger partial charge in [0.25, 0.3) is 0 Å². The van der Waals surface area contributed by atoms with Gasteiger partial charge in [0, 0.05) is 12.2 Å². The van der Waals surface area contributed by atoms with E-state index in [2.05, 4.69) is 22.5 Å². The van der Waals surface area contributed by atoms with Crippen LogP contribution < -0.4 is 5.32 Å². The molecule has 1 aromatic heterocycles. The summed E-state index contributed by atoms with van der Waals surface area (Å²) in [6.07, 6.45) is 10.4. The van der Waals surface area contributed by atoms with Gasteiger partial charge in [-0.05, 0) is 25.3 Å². The number of carboxylic acids is 1. The Labute approximate surface area is 94.0 Å². The molecule has 1 aliphatic rings. The van der Waals surface area contributed by atoms with Crippen LogP contribution in [0.5, 0.6) is 0 Å². The van der Waals surface area contributed by atoms with Crippen molar-refractivity contribution in [1.29, 1.82) is 0 Å². The highest BCUT2D eigenvalue weighted by atomic mass is 16.4. The molecule has 0 saturated heterocycles. The van der Waals surface area contributed by atoms with Gasteiger partial charge in [-0.1, -0.05) is 12.2 Å². The summed E-state index contributed by atoms with van der Waals surface area (Å²) in [5.41, 5.74) is 0.889. The molecule has 1 aromatic rings. The summed E-state index contributed by atoms with van der Waals surface area (Å²) in [7, 11) is 0. The largest absolute Gasteiger partial charge is 0.478 e. The highest BCUT2D eigenvalue weighted by Crippen LogP contribution is 2.19. The zero-order valence-corrected chi connectivity index (χ0v) is 8.89. The van der Waals surface area contributed by atoms with Crippen LogP contribution in [0.1, 0.15) is 29.6 Å². The van der Waals surface area contributed by atoms with Crippen molar-refractivity contribution < 1.29 is 9.90 Å². The van der Waals surface area contributed by atoms with Crippen molar-refractivity contribution in [2.75, 3.05) is 5.32 Å². The Morgan fingerprint density at radius 1 is 1.50 bits per heavy atom. The number of carbonyl (C=O) groups is 1. The predicted molar refractivity (Wildman–Crippen MR) is 61.6 cm³/mol. The molecule has 0 aromatic carbocycles.